The highest BCUT2D eigenvalue weighted by atomic mass is 16.2. The van der Waals surface area contributed by atoms with Gasteiger partial charge in [-0.25, -0.2) is 0 Å². The van der Waals surface area contributed by atoms with Crippen molar-refractivity contribution in [2.24, 2.45) is 11.8 Å². The molecule has 0 radical (unpaired) electrons. The van der Waals surface area contributed by atoms with Crippen molar-refractivity contribution in [3.63, 3.8) is 0 Å². The third-order valence-electron chi connectivity index (χ3n) is 5.06. The molecular formula is C20H24N2O3. The molecule has 1 aromatic rings. The summed E-state index contributed by atoms with van der Waals surface area (Å²) in [6, 6.07) is 9.71. The molecule has 1 saturated heterocycles. The third kappa shape index (κ3) is 3.81. The Balaban J connectivity index is 1.46. The van der Waals surface area contributed by atoms with E-state index in [9.17, 15) is 14.4 Å². The molecule has 0 saturated carbocycles. The van der Waals surface area contributed by atoms with E-state index in [1.165, 1.54) is 4.90 Å². The molecule has 0 bridgehead atoms. The monoisotopic (exact) mass is 340 g/mol. The number of fused-ring (bicyclic) bond motifs is 1. The fraction of sp³-hybridized carbons (Fsp3) is 0.450. The Morgan fingerprint density at radius 1 is 1.12 bits per heavy atom. The Labute approximate surface area is 148 Å². The first-order valence-corrected chi connectivity index (χ1v) is 8.92. The molecule has 1 heterocycles. The lowest BCUT2D eigenvalue weighted by molar-refractivity contribution is -0.140. The maximum Gasteiger partial charge on any atom is 0.233 e. The number of hydrogen-bond acceptors (Lipinski definition) is 3. The number of carbonyl (C=O) groups excluding carboxylic acids is 3. The SMILES string of the molecule is C[C@@H](NC(=O)CCCN1C(=O)[C@H]2CC=CC[C@H]2C1=O)c1ccccc1. The van der Waals surface area contributed by atoms with Gasteiger partial charge in [-0.1, -0.05) is 42.5 Å². The van der Waals surface area contributed by atoms with Crippen molar-refractivity contribution in [1.29, 1.82) is 0 Å². The van der Waals surface area contributed by atoms with E-state index in [-0.39, 0.29) is 35.6 Å². The van der Waals surface area contributed by atoms with Gasteiger partial charge in [-0.15, -0.1) is 0 Å². The maximum atomic E-state index is 12.4. The Morgan fingerprint density at radius 3 is 2.32 bits per heavy atom. The highest BCUT2D eigenvalue weighted by molar-refractivity contribution is 6.05. The van der Waals surface area contributed by atoms with Gasteiger partial charge in [-0.05, 0) is 31.7 Å². The number of rotatable bonds is 6. The number of benzene rings is 1. The van der Waals surface area contributed by atoms with Crippen LogP contribution in [0, 0.1) is 11.8 Å². The molecule has 25 heavy (non-hydrogen) atoms. The van der Waals surface area contributed by atoms with Crippen LogP contribution < -0.4 is 5.32 Å². The van der Waals surface area contributed by atoms with Crippen LogP contribution >= 0.6 is 0 Å². The fourth-order valence-corrected chi connectivity index (χ4v) is 3.63. The summed E-state index contributed by atoms with van der Waals surface area (Å²) in [4.78, 5) is 38.2. The summed E-state index contributed by atoms with van der Waals surface area (Å²) in [5.41, 5.74) is 1.05. The topological polar surface area (TPSA) is 66.5 Å². The summed E-state index contributed by atoms with van der Waals surface area (Å²) in [6.45, 7) is 2.27. The van der Waals surface area contributed by atoms with Crippen LogP contribution in [-0.4, -0.2) is 29.2 Å². The molecule has 1 N–H and O–H groups in total. The zero-order valence-electron chi connectivity index (χ0n) is 14.5. The summed E-state index contributed by atoms with van der Waals surface area (Å²) in [6.07, 6.45) is 6.07. The molecule has 5 nitrogen and oxygen atoms in total. The molecular weight excluding hydrogens is 316 g/mol. The summed E-state index contributed by atoms with van der Waals surface area (Å²) < 4.78 is 0. The van der Waals surface area contributed by atoms with E-state index in [2.05, 4.69) is 5.32 Å². The van der Waals surface area contributed by atoms with Gasteiger partial charge in [0.2, 0.25) is 17.7 Å². The zero-order valence-corrected chi connectivity index (χ0v) is 14.5. The molecule has 0 aromatic heterocycles. The van der Waals surface area contributed by atoms with Gasteiger partial charge < -0.3 is 5.32 Å². The molecule has 1 aliphatic carbocycles. The number of nitrogens with zero attached hydrogens (tertiary/aromatic N) is 1. The summed E-state index contributed by atoms with van der Waals surface area (Å²) in [5.74, 6) is -0.585. The van der Waals surface area contributed by atoms with E-state index in [1.54, 1.807) is 0 Å². The molecule has 132 valence electrons. The molecule has 0 spiro atoms. The molecule has 1 aliphatic heterocycles. The lowest BCUT2D eigenvalue weighted by Crippen LogP contribution is -2.33. The summed E-state index contributed by atoms with van der Waals surface area (Å²) >= 11 is 0. The minimum absolute atomic E-state index is 0.0577. The first-order chi connectivity index (χ1) is 12.1. The van der Waals surface area contributed by atoms with E-state index in [0.29, 0.717) is 32.2 Å². The van der Waals surface area contributed by atoms with Crippen molar-refractivity contribution in [3.8, 4) is 0 Å². The summed E-state index contributed by atoms with van der Waals surface area (Å²) in [7, 11) is 0. The number of nitrogens with one attached hydrogen (secondary N) is 1. The van der Waals surface area contributed by atoms with Crippen molar-refractivity contribution in [1.82, 2.24) is 10.2 Å². The molecule has 2 aliphatic rings. The highest BCUT2D eigenvalue weighted by Crippen LogP contribution is 2.35. The first kappa shape index (κ1) is 17.4. The number of carbonyl (C=O) groups is 3. The fourth-order valence-electron chi connectivity index (χ4n) is 3.63. The predicted octanol–water partition coefficient (Wildman–Crippen LogP) is 2.60. The smallest absolute Gasteiger partial charge is 0.233 e. The second kappa shape index (κ2) is 7.64. The second-order valence-corrected chi connectivity index (χ2v) is 6.79. The molecule has 3 rings (SSSR count). The Morgan fingerprint density at radius 2 is 1.72 bits per heavy atom. The molecule has 5 heteroatoms. The van der Waals surface area contributed by atoms with E-state index in [1.807, 2.05) is 49.4 Å². The van der Waals surface area contributed by atoms with Crippen molar-refractivity contribution in [2.75, 3.05) is 6.54 Å². The molecule has 1 aromatic carbocycles. The molecule has 3 amide bonds. The van der Waals surface area contributed by atoms with E-state index >= 15 is 0 Å². The van der Waals surface area contributed by atoms with Gasteiger partial charge in [0.15, 0.2) is 0 Å². The van der Waals surface area contributed by atoms with Crippen molar-refractivity contribution >= 4 is 17.7 Å². The van der Waals surface area contributed by atoms with Gasteiger partial charge in [0, 0.05) is 13.0 Å². The second-order valence-electron chi connectivity index (χ2n) is 6.79. The van der Waals surface area contributed by atoms with Crippen LogP contribution in [0.1, 0.15) is 44.2 Å². The lowest BCUT2D eigenvalue weighted by Gasteiger charge is -2.16. The number of hydrogen-bond donors (Lipinski definition) is 1. The number of likely N-dealkylation sites (tertiary alicyclic amines) is 1. The zero-order chi connectivity index (χ0) is 17.8. The molecule has 0 unspecified atom stereocenters. The minimum atomic E-state index is -0.190. The quantitative estimate of drug-likeness (QED) is 0.639. The van der Waals surface area contributed by atoms with E-state index in [0.717, 1.165) is 5.56 Å². The average Bonchev–Trinajstić information content (AvgIpc) is 2.87. The van der Waals surface area contributed by atoms with Gasteiger partial charge in [0.25, 0.3) is 0 Å². The van der Waals surface area contributed by atoms with Gasteiger partial charge in [-0.2, -0.15) is 0 Å². The van der Waals surface area contributed by atoms with Crippen LogP contribution in [0.3, 0.4) is 0 Å². The van der Waals surface area contributed by atoms with Gasteiger partial charge in [0.05, 0.1) is 17.9 Å². The third-order valence-corrected chi connectivity index (χ3v) is 5.06. The first-order valence-electron chi connectivity index (χ1n) is 8.92. The average molecular weight is 340 g/mol. The Hall–Kier alpha value is -2.43. The number of imide groups is 1. The summed E-state index contributed by atoms with van der Waals surface area (Å²) in [5, 5.41) is 2.96. The highest BCUT2D eigenvalue weighted by Gasteiger charge is 2.46. The van der Waals surface area contributed by atoms with Crippen LogP contribution in [0.25, 0.3) is 0 Å². The van der Waals surface area contributed by atoms with Crippen LogP contribution in [0.2, 0.25) is 0 Å². The number of amides is 3. The van der Waals surface area contributed by atoms with Gasteiger partial charge >= 0.3 is 0 Å². The number of allylic oxidation sites excluding steroid dienone is 2. The molecule has 1 fully saturated rings. The largest absolute Gasteiger partial charge is 0.350 e. The normalized spacial score (nSPS) is 23.5. The van der Waals surface area contributed by atoms with E-state index < -0.39 is 0 Å². The van der Waals surface area contributed by atoms with Crippen LogP contribution in [0.4, 0.5) is 0 Å². The van der Waals surface area contributed by atoms with Crippen molar-refractivity contribution in [3.05, 3.63) is 48.0 Å². The minimum Gasteiger partial charge on any atom is -0.350 e. The standard InChI is InChI=1S/C20H24N2O3/c1-14(15-8-3-2-4-9-15)21-18(23)12-7-13-22-19(24)16-10-5-6-11-17(16)20(22)25/h2-6,8-9,14,16-17H,7,10-13H2,1H3,(H,21,23)/t14-,16-,17+/m1/s1. The van der Waals surface area contributed by atoms with Crippen LogP contribution in [0.15, 0.2) is 42.5 Å². The lowest BCUT2D eigenvalue weighted by atomic mass is 9.85. The van der Waals surface area contributed by atoms with Crippen molar-refractivity contribution < 1.29 is 14.4 Å². The van der Waals surface area contributed by atoms with Crippen LogP contribution in [0.5, 0.6) is 0 Å². The predicted molar refractivity (Wildman–Crippen MR) is 94.3 cm³/mol. The Kier molecular flexibility index (Phi) is 5.31. The van der Waals surface area contributed by atoms with Crippen LogP contribution in [-0.2, 0) is 14.4 Å². The van der Waals surface area contributed by atoms with Gasteiger partial charge in [0.1, 0.15) is 0 Å². The van der Waals surface area contributed by atoms with Gasteiger partial charge in [-0.3, -0.25) is 19.3 Å². The Bertz CT molecular complexity index is 657. The van der Waals surface area contributed by atoms with Crippen molar-refractivity contribution in [2.45, 2.75) is 38.6 Å². The van der Waals surface area contributed by atoms with E-state index in [4.69, 9.17) is 0 Å². The maximum absolute atomic E-state index is 12.4. The molecule has 3 atom stereocenters.